The van der Waals surface area contributed by atoms with Gasteiger partial charge in [0.15, 0.2) is 0 Å². The molecule has 0 bridgehead atoms. The average molecular weight is 210 g/mol. The highest BCUT2D eigenvalue weighted by molar-refractivity contribution is 7.87. The maximum Gasteiger partial charge on any atom is 0.321 e. The molecule has 7 heteroatoms. The van der Waals surface area contributed by atoms with E-state index in [-0.39, 0.29) is 6.42 Å². The second kappa shape index (κ2) is 5.15. The summed E-state index contributed by atoms with van der Waals surface area (Å²) < 4.78 is 25.8. The fourth-order valence-corrected chi connectivity index (χ4v) is 1.48. The van der Waals surface area contributed by atoms with Crippen LogP contribution in [-0.4, -0.2) is 32.6 Å². The van der Waals surface area contributed by atoms with Crippen LogP contribution in [0.4, 0.5) is 0 Å². The maximum atomic E-state index is 10.9. The topological polar surface area (TPSA) is 95.5 Å². The lowest BCUT2D eigenvalue weighted by molar-refractivity contribution is -0.139. The van der Waals surface area contributed by atoms with E-state index in [9.17, 15) is 13.2 Å². The number of hydrogen-bond acceptors (Lipinski definition) is 3. The smallest absolute Gasteiger partial charge is 0.321 e. The van der Waals surface area contributed by atoms with Gasteiger partial charge in [0.25, 0.3) is 10.2 Å². The molecule has 1 atom stereocenters. The van der Waals surface area contributed by atoms with Gasteiger partial charge in [-0.2, -0.15) is 13.1 Å². The summed E-state index contributed by atoms with van der Waals surface area (Å²) in [7, 11) is -2.45. The molecule has 0 aliphatic carbocycles. The van der Waals surface area contributed by atoms with E-state index in [2.05, 4.69) is 0 Å². The monoisotopic (exact) mass is 210 g/mol. The summed E-state index contributed by atoms with van der Waals surface area (Å²) in [5, 5.41) is 8.61. The van der Waals surface area contributed by atoms with E-state index in [0.29, 0.717) is 6.42 Å². The van der Waals surface area contributed by atoms with Crippen molar-refractivity contribution in [1.82, 2.24) is 9.44 Å². The first-order valence-electron chi connectivity index (χ1n) is 3.86. The van der Waals surface area contributed by atoms with Crippen molar-refractivity contribution in [3.05, 3.63) is 0 Å². The van der Waals surface area contributed by atoms with Crippen LogP contribution in [-0.2, 0) is 15.0 Å². The number of nitrogens with one attached hydrogen (secondary N) is 2. The molecule has 0 aliphatic rings. The van der Waals surface area contributed by atoms with Crippen molar-refractivity contribution in [3.63, 3.8) is 0 Å². The molecule has 0 aliphatic heterocycles. The van der Waals surface area contributed by atoms with Crippen molar-refractivity contribution in [2.75, 3.05) is 7.05 Å². The van der Waals surface area contributed by atoms with Crippen LogP contribution in [0.1, 0.15) is 19.8 Å². The first-order valence-corrected chi connectivity index (χ1v) is 5.35. The Kier molecular flexibility index (Phi) is 4.89. The van der Waals surface area contributed by atoms with Gasteiger partial charge >= 0.3 is 5.97 Å². The molecule has 3 N–H and O–H groups in total. The fraction of sp³-hybridized carbons (Fsp3) is 0.833. The quantitative estimate of drug-likeness (QED) is 0.540. The van der Waals surface area contributed by atoms with E-state index in [1.54, 1.807) is 6.92 Å². The summed E-state index contributed by atoms with van der Waals surface area (Å²) in [6.45, 7) is 1.78. The number of rotatable bonds is 6. The molecule has 13 heavy (non-hydrogen) atoms. The standard InChI is InChI=1S/C6H14N2O4S/c1-3-4-5(6(9)10)8-13(11,12)7-2/h5,7-8H,3-4H2,1-2H3,(H,9,10). The molecule has 0 aromatic carbocycles. The van der Waals surface area contributed by atoms with Crippen molar-refractivity contribution in [1.29, 1.82) is 0 Å². The molecule has 1 unspecified atom stereocenters. The molecule has 0 fully saturated rings. The number of carboxylic acids is 1. The van der Waals surface area contributed by atoms with E-state index in [4.69, 9.17) is 5.11 Å². The van der Waals surface area contributed by atoms with Gasteiger partial charge < -0.3 is 5.11 Å². The summed E-state index contributed by atoms with van der Waals surface area (Å²) >= 11 is 0. The summed E-state index contributed by atoms with van der Waals surface area (Å²) in [5.41, 5.74) is 0. The number of hydrogen-bond donors (Lipinski definition) is 3. The molecule has 0 saturated heterocycles. The molecule has 6 nitrogen and oxygen atoms in total. The lowest BCUT2D eigenvalue weighted by atomic mass is 10.2. The van der Waals surface area contributed by atoms with E-state index in [1.165, 1.54) is 7.05 Å². The van der Waals surface area contributed by atoms with E-state index in [1.807, 2.05) is 9.44 Å². The van der Waals surface area contributed by atoms with Crippen molar-refractivity contribution in [2.45, 2.75) is 25.8 Å². The molecule has 0 rings (SSSR count). The SMILES string of the molecule is CCCC(NS(=O)(=O)NC)C(=O)O. The minimum Gasteiger partial charge on any atom is -0.480 e. The Morgan fingerprint density at radius 2 is 2.08 bits per heavy atom. The highest BCUT2D eigenvalue weighted by Crippen LogP contribution is 1.97. The van der Waals surface area contributed by atoms with Crippen LogP contribution in [0.5, 0.6) is 0 Å². The van der Waals surface area contributed by atoms with Gasteiger partial charge in [-0.05, 0) is 6.42 Å². The second-order valence-corrected chi connectivity index (χ2v) is 4.16. The zero-order valence-electron chi connectivity index (χ0n) is 7.57. The Morgan fingerprint density at radius 1 is 1.54 bits per heavy atom. The van der Waals surface area contributed by atoms with Crippen LogP contribution >= 0.6 is 0 Å². The Balaban J connectivity index is 4.35. The zero-order valence-corrected chi connectivity index (χ0v) is 8.39. The van der Waals surface area contributed by atoms with Gasteiger partial charge in [-0.25, -0.2) is 4.72 Å². The van der Waals surface area contributed by atoms with Gasteiger partial charge in [-0.15, -0.1) is 0 Å². The van der Waals surface area contributed by atoms with Gasteiger partial charge in [-0.1, -0.05) is 13.3 Å². The molecular formula is C6H14N2O4S. The van der Waals surface area contributed by atoms with Gasteiger partial charge in [0.05, 0.1) is 0 Å². The minimum atomic E-state index is -3.67. The third kappa shape index (κ3) is 4.81. The first kappa shape index (κ1) is 12.3. The summed E-state index contributed by atoms with van der Waals surface area (Å²) in [4.78, 5) is 10.5. The molecule has 0 aromatic heterocycles. The van der Waals surface area contributed by atoms with Crippen molar-refractivity contribution in [2.24, 2.45) is 0 Å². The highest BCUT2D eigenvalue weighted by Gasteiger charge is 2.21. The van der Waals surface area contributed by atoms with Crippen LogP contribution in [0.25, 0.3) is 0 Å². The molecular weight excluding hydrogens is 196 g/mol. The van der Waals surface area contributed by atoms with E-state index in [0.717, 1.165) is 0 Å². The molecule has 0 radical (unpaired) electrons. The Labute approximate surface area is 77.5 Å². The van der Waals surface area contributed by atoms with Gasteiger partial charge in [0.1, 0.15) is 6.04 Å². The van der Waals surface area contributed by atoms with Crippen molar-refractivity contribution < 1.29 is 18.3 Å². The highest BCUT2D eigenvalue weighted by atomic mass is 32.2. The fourth-order valence-electron chi connectivity index (χ4n) is 0.768. The van der Waals surface area contributed by atoms with E-state index >= 15 is 0 Å². The van der Waals surface area contributed by atoms with Crippen LogP contribution in [0.15, 0.2) is 0 Å². The third-order valence-corrected chi connectivity index (χ3v) is 2.57. The zero-order chi connectivity index (χ0) is 10.5. The molecule has 0 spiro atoms. The van der Waals surface area contributed by atoms with E-state index < -0.39 is 22.2 Å². The summed E-state index contributed by atoms with van der Waals surface area (Å²) in [6, 6.07) is -1.05. The lowest BCUT2D eigenvalue weighted by Gasteiger charge is -2.12. The summed E-state index contributed by atoms with van der Waals surface area (Å²) in [5.74, 6) is -1.17. The summed E-state index contributed by atoms with van der Waals surface area (Å²) in [6.07, 6.45) is 0.874. The number of carbonyl (C=O) groups is 1. The van der Waals surface area contributed by atoms with Gasteiger partial charge in [-0.3, -0.25) is 4.79 Å². The largest absolute Gasteiger partial charge is 0.480 e. The number of carboxylic acid groups (broad SMARTS) is 1. The van der Waals surface area contributed by atoms with Crippen LogP contribution in [0.2, 0.25) is 0 Å². The predicted molar refractivity (Wildman–Crippen MR) is 47.4 cm³/mol. The molecule has 0 saturated carbocycles. The van der Waals surface area contributed by atoms with Crippen LogP contribution in [0, 0.1) is 0 Å². The Hall–Kier alpha value is -0.660. The Morgan fingerprint density at radius 3 is 2.38 bits per heavy atom. The van der Waals surface area contributed by atoms with Crippen LogP contribution < -0.4 is 9.44 Å². The van der Waals surface area contributed by atoms with Gasteiger partial charge in [0, 0.05) is 7.05 Å². The molecule has 0 heterocycles. The predicted octanol–water partition coefficient (Wildman–Crippen LogP) is -0.706. The van der Waals surface area contributed by atoms with Crippen molar-refractivity contribution >= 4 is 16.2 Å². The van der Waals surface area contributed by atoms with Crippen molar-refractivity contribution in [3.8, 4) is 0 Å². The normalized spacial score (nSPS) is 14.0. The Bertz CT molecular complexity index is 262. The van der Waals surface area contributed by atoms with Crippen LogP contribution in [0.3, 0.4) is 0 Å². The second-order valence-electron chi connectivity index (χ2n) is 2.50. The number of aliphatic carboxylic acids is 1. The average Bonchev–Trinajstić information content (AvgIpc) is 2.03. The molecule has 78 valence electrons. The lowest BCUT2D eigenvalue weighted by Crippen LogP contribution is -2.45. The third-order valence-electron chi connectivity index (χ3n) is 1.44. The van der Waals surface area contributed by atoms with Gasteiger partial charge in [0.2, 0.25) is 0 Å². The molecule has 0 amide bonds. The minimum absolute atomic E-state index is 0.274. The first-order chi connectivity index (χ1) is 5.93. The maximum absolute atomic E-state index is 10.9. The molecule has 0 aromatic rings.